The van der Waals surface area contributed by atoms with Crippen LogP contribution in [0.5, 0.6) is 23.0 Å². The number of anilines is 2. The van der Waals surface area contributed by atoms with Crippen LogP contribution in [0.3, 0.4) is 0 Å². The molecule has 1 aromatic heterocycles. The molecule has 3 aromatic rings. The van der Waals surface area contributed by atoms with Crippen molar-refractivity contribution in [1.29, 1.82) is 0 Å². The molecule has 1 aliphatic heterocycles. The molecule has 5 rings (SSSR count). The van der Waals surface area contributed by atoms with Crippen LogP contribution in [-0.4, -0.2) is 49.0 Å². The van der Waals surface area contributed by atoms with Crippen LogP contribution < -0.4 is 30.0 Å². The van der Waals surface area contributed by atoms with E-state index in [1.807, 2.05) is 30.3 Å². The molecule has 0 fully saturated rings. The van der Waals surface area contributed by atoms with Gasteiger partial charge in [-0.3, -0.25) is 4.79 Å². The Morgan fingerprint density at radius 3 is 2.43 bits per heavy atom. The number of nitrogen functional groups attached to an aromatic ring is 1. The Kier molecular flexibility index (Phi) is 5.72. The summed E-state index contributed by atoms with van der Waals surface area (Å²) in [6.07, 6.45) is 0.947. The Hall–Kier alpha value is -4.21. The summed E-state index contributed by atoms with van der Waals surface area (Å²) in [5.74, 6) is 3.07. The largest absolute Gasteiger partial charge is 0.497 e. The van der Waals surface area contributed by atoms with Gasteiger partial charge in [-0.25, -0.2) is 4.68 Å². The van der Waals surface area contributed by atoms with E-state index in [0.29, 0.717) is 47.4 Å². The predicted molar refractivity (Wildman–Crippen MR) is 129 cm³/mol. The summed E-state index contributed by atoms with van der Waals surface area (Å²) in [6, 6.07) is 10.7. The summed E-state index contributed by atoms with van der Waals surface area (Å²) >= 11 is 0. The number of methoxy groups -OCH3 is 4. The molecule has 182 valence electrons. The van der Waals surface area contributed by atoms with Crippen LogP contribution in [0.25, 0.3) is 0 Å². The Bertz CT molecular complexity index is 1330. The second-order valence-electron chi connectivity index (χ2n) is 8.41. The van der Waals surface area contributed by atoms with Gasteiger partial charge in [0.15, 0.2) is 17.3 Å². The summed E-state index contributed by atoms with van der Waals surface area (Å²) in [4.78, 5) is 18.1. The highest BCUT2D eigenvalue weighted by atomic mass is 16.5. The van der Waals surface area contributed by atoms with E-state index in [0.717, 1.165) is 16.8 Å². The number of carbonyl (C=O) groups is 1. The van der Waals surface area contributed by atoms with Crippen molar-refractivity contribution in [2.24, 2.45) is 0 Å². The SMILES string of the molecule is COc1ccc([C@H]2C3=C(C[C@@H](c4ccc(OC)c(OC)c4)CC3=O)Nc3nc(N)nn32)c(OC)c1. The lowest BCUT2D eigenvalue weighted by atomic mass is 9.77. The highest BCUT2D eigenvalue weighted by Crippen LogP contribution is 2.47. The Morgan fingerprint density at radius 2 is 1.71 bits per heavy atom. The third-order valence-electron chi connectivity index (χ3n) is 6.55. The molecule has 2 heterocycles. The lowest BCUT2D eigenvalue weighted by Gasteiger charge is -2.35. The van der Waals surface area contributed by atoms with Crippen LogP contribution in [-0.2, 0) is 4.79 Å². The minimum absolute atomic E-state index is 0.0149. The highest BCUT2D eigenvalue weighted by molar-refractivity contribution is 6.00. The van der Waals surface area contributed by atoms with E-state index in [9.17, 15) is 4.79 Å². The molecule has 1 aliphatic carbocycles. The van der Waals surface area contributed by atoms with Crippen molar-refractivity contribution in [3.8, 4) is 23.0 Å². The zero-order valence-electron chi connectivity index (χ0n) is 20.0. The van der Waals surface area contributed by atoms with Crippen molar-refractivity contribution >= 4 is 17.7 Å². The summed E-state index contributed by atoms with van der Waals surface area (Å²) in [7, 11) is 6.37. The number of carbonyl (C=O) groups excluding carboxylic acids is 1. The average molecular weight is 478 g/mol. The van der Waals surface area contributed by atoms with Crippen LogP contribution in [0.15, 0.2) is 47.7 Å². The van der Waals surface area contributed by atoms with E-state index in [1.165, 1.54) is 0 Å². The van der Waals surface area contributed by atoms with E-state index in [1.54, 1.807) is 39.2 Å². The third kappa shape index (κ3) is 3.80. The Balaban J connectivity index is 1.60. The number of ether oxygens (including phenoxy) is 4. The summed E-state index contributed by atoms with van der Waals surface area (Å²) in [5.41, 5.74) is 9.14. The molecule has 2 aliphatic rings. The van der Waals surface area contributed by atoms with E-state index in [4.69, 9.17) is 24.7 Å². The number of Topliss-reactive ketones (excluding diaryl/α,β-unsaturated/α-hetero) is 1. The van der Waals surface area contributed by atoms with Crippen LogP contribution in [0.4, 0.5) is 11.9 Å². The van der Waals surface area contributed by atoms with Crippen LogP contribution in [0, 0.1) is 0 Å². The van der Waals surface area contributed by atoms with Gasteiger partial charge in [-0.15, -0.1) is 5.10 Å². The van der Waals surface area contributed by atoms with Gasteiger partial charge in [0, 0.05) is 29.3 Å². The Morgan fingerprint density at radius 1 is 0.943 bits per heavy atom. The minimum atomic E-state index is -0.536. The maximum atomic E-state index is 13.7. The van der Waals surface area contributed by atoms with Crippen molar-refractivity contribution in [2.75, 3.05) is 39.5 Å². The smallest absolute Gasteiger partial charge is 0.241 e. The van der Waals surface area contributed by atoms with Gasteiger partial charge in [0.25, 0.3) is 0 Å². The summed E-state index contributed by atoms with van der Waals surface area (Å²) in [6.45, 7) is 0. The second-order valence-corrected chi connectivity index (χ2v) is 8.41. The predicted octanol–water partition coefficient (Wildman–Crippen LogP) is 3.31. The molecule has 0 spiro atoms. The van der Waals surface area contributed by atoms with Gasteiger partial charge in [0.1, 0.15) is 17.5 Å². The molecule has 0 unspecified atom stereocenters. The molecule has 10 nitrogen and oxygen atoms in total. The number of nitrogens with two attached hydrogens (primary N) is 1. The van der Waals surface area contributed by atoms with E-state index >= 15 is 0 Å². The maximum Gasteiger partial charge on any atom is 0.241 e. The molecule has 2 atom stereocenters. The second kappa shape index (κ2) is 8.86. The third-order valence-corrected chi connectivity index (χ3v) is 6.55. The standard InChI is InChI=1S/C25H27N5O5/c1-32-15-6-7-16(20(12-15)34-3)23-22-17(27-25-28-24(26)29-30(23)25)9-14(10-18(22)31)13-5-8-19(33-2)21(11-13)35-4/h5-8,11-12,14,23H,9-10H2,1-4H3,(H3,26,27,28,29)/t14-,23+/m1/s1. The molecular weight excluding hydrogens is 450 g/mol. The van der Waals surface area contributed by atoms with Gasteiger partial charge >= 0.3 is 0 Å². The first-order chi connectivity index (χ1) is 17.0. The number of hydrogen-bond acceptors (Lipinski definition) is 9. The van der Waals surface area contributed by atoms with Crippen LogP contribution in [0.1, 0.15) is 35.9 Å². The van der Waals surface area contributed by atoms with Crippen molar-refractivity contribution in [1.82, 2.24) is 14.8 Å². The first-order valence-electron chi connectivity index (χ1n) is 11.2. The van der Waals surface area contributed by atoms with E-state index in [2.05, 4.69) is 15.4 Å². The zero-order chi connectivity index (χ0) is 24.7. The summed E-state index contributed by atoms with van der Waals surface area (Å²) < 4.78 is 23.5. The van der Waals surface area contributed by atoms with Gasteiger partial charge in [0.2, 0.25) is 11.9 Å². The molecule has 2 aromatic carbocycles. The quantitative estimate of drug-likeness (QED) is 0.550. The zero-order valence-corrected chi connectivity index (χ0v) is 20.0. The molecule has 0 bridgehead atoms. The van der Waals surface area contributed by atoms with E-state index in [-0.39, 0.29) is 17.6 Å². The first-order valence-corrected chi connectivity index (χ1v) is 11.2. The molecule has 3 N–H and O–H groups in total. The fourth-order valence-electron chi connectivity index (χ4n) is 4.90. The Labute approximate surface area is 202 Å². The van der Waals surface area contributed by atoms with Gasteiger partial charge in [-0.1, -0.05) is 6.07 Å². The van der Waals surface area contributed by atoms with Crippen LogP contribution >= 0.6 is 0 Å². The molecular formula is C25H27N5O5. The van der Waals surface area contributed by atoms with E-state index < -0.39 is 6.04 Å². The first kappa shape index (κ1) is 22.6. The number of aromatic nitrogens is 3. The van der Waals surface area contributed by atoms with Crippen LogP contribution in [0.2, 0.25) is 0 Å². The fraction of sp³-hybridized carbons (Fsp3) is 0.320. The summed E-state index contributed by atoms with van der Waals surface area (Å²) in [5, 5.41) is 7.70. The number of ketones is 1. The van der Waals surface area contributed by atoms with Crippen molar-refractivity contribution in [2.45, 2.75) is 24.8 Å². The highest BCUT2D eigenvalue weighted by Gasteiger charge is 2.41. The number of hydrogen-bond donors (Lipinski definition) is 2. The lowest BCUT2D eigenvalue weighted by Crippen LogP contribution is -2.33. The monoisotopic (exact) mass is 477 g/mol. The maximum absolute atomic E-state index is 13.7. The number of benzene rings is 2. The van der Waals surface area contributed by atoms with Crippen molar-refractivity contribution in [3.05, 3.63) is 58.8 Å². The van der Waals surface area contributed by atoms with Gasteiger partial charge in [0.05, 0.1) is 28.4 Å². The minimum Gasteiger partial charge on any atom is -0.497 e. The number of fused-ring (bicyclic) bond motifs is 1. The fourth-order valence-corrected chi connectivity index (χ4v) is 4.90. The topological polar surface area (TPSA) is 123 Å². The molecule has 0 amide bonds. The molecule has 10 heteroatoms. The van der Waals surface area contributed by atoms with Gasteiger partial charge in [-0.05, 0) is 42.2 Å². The van der Waals surface area contributed by atoms with Gasteiger partial charge < -0.3 is 30.0 Å². The lowest BCUT2D eigenvalue weighted by molar-refractivity contribution is -0.116. The number of rotatable bonds is 6. The van der Waals surface area contributed by atoms with Crippen molar-refractivity contribution in [3.63, 3.8) is 0 Å². The number of nitrogens with zero attached hydrogens (tertiary/aromatic N) is 3. The number of allylic oxidation sites excluding steroid dienone is 2. The molecule has 0 radical (unpaired) electrons. The molecule has 0 saturated heterocycles. The molecule has 35 heavy (non-hydrogen) atoms. The molecule has 0 saturated carbocycles. The van der Waals surface area contributed by atoms with Gasteiger partial charge in [-0.2, -0.15) is 4.98 Å². The number of nitrogens with one attached hydrogen (secondary N) is 1. The normalized spacial score (nSPS) is 18.9. The van der Waals surface area contributed by atoms with Crippen molar-refractivity contribution < 1.29 is 23.7 Å². The average Bonchev–Trinajstić information content (AvgIpc) is 3.25.